The van der Waals surface area contributed by atoms with E-state index in [1.165, 1.54) is 95.8 Å². The lowest BCUT2D eigenvalue weighted by atomic mass is 9.97. The predicted octanol–water partition coefficient (Wildman–Crippen LogP) is 6.57. The fraction of sp³-hybridized carbons (Fsp3) is 0.500. The van der Waals surface area contributed by atoms with Crippen molar-refractivity contribution < 1.29 is 0 Å². The lowest BCUT2D eigenvalue weighted by Crippen LogP contribution is -2.38. The van der Waals surface area contributed by atoms with Crippen LogP contribution in [-0.2, 0) is 6.42 Å². The summed E-state index contributed by atoms with van der Waals surface area (Å²) in [6.45, 7) is 14.4. The highest BCUT2D eigenvalue weighted by molar-refractivity contribution is 5.83. The van der Waals surface area contributed by atoms with Crippen LogP contribution in [0, 0.1) is 34.6 Å². The summed E-state index contributed by atoms with van der Waals surface area (Å²) in [7, 11) is 0. The molecule has 34 heavy (non-hydrogen) atoms. The number of amidine groups is 1. The van der Waals surface area contributed by atoms with Crippen molar-refractivity contribution in [2.75, 3.05) is 29.6 Å². The molecule has 0 aliphatic carbocycles. The highest BCUT2D eigenvalue weighted by atomic mass is 15.3. The van der Waals surface area contributed by atoms with Gasteiger partial charge in [0.2, 0.25) is 0 Å². The van der Waals surface area contributed by atoms with Crippen molar-refractivity contribution in [1.82, 2.24) is 4.90 Å². The molecule has 180 valence electrons. The molecule has 4 nitrogen and oxygen atoms in total. The van der Waals surface area contributed by atoms with E-state index in [9.17, 15) is 0 Å². The van der Waals surface area contributed by atoms with Crippen LogP contribution >= 0.6 is 0 Å². The van der Waals surface area contributed by atoms with Crippen LogP contribution < -0.4 is 9.80 Å². The van der Waals surface area contributed by atoms with E-state index in [0.29, 0.717) is 6.04 Å². The van der Waals surface area contributed by atoms with Crippen LogP contribution in [0.25, 0.3) is 0 Å². The third-order valence-corrected chi connectivity index (χ3v) is 7.72. The Labute approximate surface area is 206 Å². The molecule has 0 aromatic heterocycles. The maximum atomic E-state index is 5.20. The van der Waals surface area contributed by atoms with Crippen LogP contribution in [0.2, 0.25) is 0 Å². The Bertz CT molecular complexity index is 1080. The summed E-state index contributed by atoms with van der Waals surface area (Å²) < 4.78 is 0. The van der Waals surface area contributed by atoms with E-state index in [1.54, 1.807) is 0 Å². The Morgan fingerprint density at radius 3 is 2.03 bits per heavy atom. The van der Waals surface area contributed by atoms with E-state index in [0.717, 1.165) is 13.1 Å². The topological polar surface area (TPSA) is 22.1 Å². The van der Waals surface area contributed by atoms with Crippen molar-refractivity contribution in [2.45, 2.75) is 79.2 Å². The highest BCUT2D eigenvalue weighted by Crippen LogP contribution is 2.34. The van der Waals surface area contributed by atoms with Crippen LogP contribution in [0.15, 0.2) is 41.7 Å². The van der Waals surface area contributed by atoms with Crippen LogP contribution in [0.3, 0.4) is 0 Å². The number of nitrogens with zero attached hydrogens (tertiary/aromatic N) is 4. The molecule has 2 aromatic carbocycles. The van der Waals surface area contributed by atoms with Gasteiger partial charge < -0.3 is 14.7 Å². The van der Waals surface area contributed by atoms with Gasteiger partial charge in [0.1, 0.15) is 0 Å². The quantitative estimate of drug-likeness (QED) is 0.519. The molecule has 5 rings (SSSR count). The third-order valence-electron chi connectivity index (χ3n) is 7.72. The second kappa shape index (κ2) is 9.48. The SMILES string of the molecule is Cc1cc(C)c(N2C=CN(c3c(C)cc(CC4CCN5CCCCCC5=N4)cc3C)C2)c(C)c1. The molecule has 1 atom stereocenters. The Morgan fingerprint density at radius 2 is 1.38 bits per heavy atom. The number of fused-ring (bicyclic) bond motifs is 1. The summed E-state index contributed by atoms with van der Waals surface area (Å²) in [6.07, 6.45) is 11.9. The number of hydrogen-bond acceptors (Lipinski definition) is 4. The molecule has 0 saturated carbocycles. The van der Waals surface area contributed by atoms with Crippen LogP contribution in [0.4, 0.5) is 11.4 Å². The lowest BCUT2D eigenvalue weighted by Gasteiger charge is -2.32. The van der Waals surface area contributed by atoms with Crippen molar-refractivity contribution in [2.24, 2.45) is 4.99 Å². The minimum Gasteiger partial charge on any atom is -0.360 e. The normalized spacial score (nSPS) is 20.4. The zero-order valence-corrected chi connectivity index (χ0v) is 21.7. The molecule has 0 spiro atoms. The number of hydrogen-bond donors (Lipinski definition) is 0. The smallest absolute Gasteiger partial charge is 0.0992 e. The Balaban J connectivity index is 1.32. The van der Waals surface area contributed by atoms with Gasteiger partial charge in [-0.2, -0.15) is 0 Å². The maximum absolute atomic E-state index is 5.20. The zero-order valence-electron chi connectivity index (χ0n) is 21.7. The number of aryl methyl sites for hydroxylation is 5. The summed E-state index contributed by atoms with van der Waals surface area (Å²) in [4.78, 5) is 12.5. The molecule has 0 bridgehead atoms. The monoisotopic (exact) mass is 456 g/mol. The molecule has 0 radical (unpaired) electrons. The van der Waals surface area contributed by atoms with Gasteiger partial charge in [0, 0.05) is 43.3 Å². The Morgan fingerprint density at radius 1 is 0.765 bits per heavy atom. The van der Waals surface area contributed by atoms with Gasteiger partial charge in [0.15, 0.2) is 0 Å². The van der Waals surface area contributed by atoms with Gasteiger partial charge in [-0.25, -0.2) is 0 Å². The predicted molar refractivity (Wildman–Crippen MR) is 145 cm³/mol. The van der Waals surface area contributed by atoms with Gasteiger partial charge in [0.05, 0.1) is 18.5 Å². The summed E-state index contributed by atoms with van der Waals surface area (Å²) in [5, 5.41) is 0. The number of benzene rings is 2. The summed E-state index contributed by atoms with van der Waals surface area (Å²) in [5.41, 5.74) is 10.8. The number of anilines is 2. The van der Waals surface area contributed by atoms with E-state index in [1.807, 2.05) is 0 Å². The third kappa shape index (κ3) is 4.60. The first-order chi connectivity index (χ1) is 16.4. The number of rotatable bonds is 4. The van der Waals surface area contributed by atoms with Crippen LogP contribution in [0.5, 0.6) is 0 Å². The molecular weight excluding hydrogens is 416 g/mol. The van der Waals surface area contributed by atoms with Gasteiger partial charge in [-0.3, -0.25) is 4.99 Å². The van der Waals surface area contributed by atoms with E-state index < -0.39 is 0 Å². The van der Waals surface area contributed by atoms with Crippen molar-refractivity contribution in [3.05, 3.63) is 70.0 Å². The fourth-order valence-electron chi connectivity index (χ4n) is 6.39. The molecule has 4 heteroatoms. The molecule has 1 unspecified atom stereocenters. The summed E-state index contributed by atoms with van der Waals surface area (Å²) in [5.74, 6) is 1.38. The first-order valence-corrected chi connectivity index (χ1v) is 13.1. The standard InChI is InChI=1S/C30H40N4/c1-21-15-22(2)29(23(3)16-21)33-13-14-34(20-33)30-24(4)17-26(18-25(30)5)19-27-10-12-32-11-8-6-7-9-28(32)31-27/h13-18,27H,6-12,19-20H2,1-5H3. The largest absolute Gasteiger partial charge is 0.360 e. The second-order valence-corrected chi connectivity index (χ2v) is 10.7. The van der Waals surface area contributed by atoms with Crippen molar-refractivity contribution in [1.29, 1.82) is 0 Å². The van der Waals surface area contributed by atoms with Gasteiger partial charge in [-0.1, -0.05) is 36.2 Å². The first-order valence-electron chi connectivity index (χ1n) is 13.1. The molecule has 3 heterocycles. The summed E-state index contributed by atoms with van der Waals surface area (Å²) >= 11 is 0. The van der Waals surface area contributed by atoms with Gasteiger partial charge in [0.25, 0.3) is 0 Å². The minimum atomic E-state index is 0.434. The van der Waals surface area contributed by atoms with Crippen molar-refractivity contribution in [3.8, 4) is 0 Å². The molecule has 0 N–H and O–H groups in total. The van der Waals surface area contributed by atoms with Crippen LogP contribution in [-0.4, -0.2) is 36.5 Å². The molecule has 0 amide bonds. The average molecular weight is 457 g/mol. The van der Waals surface area contributed by atoms with Gasteiger partial charge >= 0.3 is 0 Å². The molecular formula is C30H40N4. The average Bonchev–Trinajstić information content (AvgIpc) is 3.09. The highest BCUT2D eigenvalue weighted by Gasteiger charge is 2.24. The summed E-state index contributed by atoms with van der Waals surface area (Å²) in [6, 6.07) is 9.81. The number of aliphatic imine (C=N–C) groups is 1. The van der Waals surface area contributed by atoms with Crippen LogP contribution in [0.1, 0.15) is 65.5 Å². The van der Waals surface area contributed by atoms with Crippen molar-refractivity contribution in [3.63, 3.8) is 0 Å². The van der Waals surface area contributed by atoms with E-state index in [2.05, 4.69) is 86.0 Å². The Kier molecular flexibility index (Phi) is 6.42. The fourth-order valence-corrected chi connectivity index (χ4v) is 6.39. The molecule has 1 fully saturated rings. The minimum absolute atomic E-state index is 0.434. The molecule has 3 aliphatic rings. The zero-order chi connectivity index (χ0) is 23.8. The molecule has 2 aromatic rings. The van der Waals surface area contributed by atoms with Crippen molar-refractivity contribution >= 4 is 17.2 Å². The lowest BCUT2D eigenvalue weighted by molar-refractivity contribution is 0.360. The second-order valence-electron chi connectivity index (χ2n) is 10.7. The maximum Gasteiger partial charge on any atom is 0.0992 e. The van der Waals surface area contributed by atoms with Gasteiger partial charge in [-0.15, -0.1) is 0 Å². The molecule has 1 saturated heterocycles. The van der Waals surface area contributed by atoms with E-state index >= 15 is 0 Å². The first kappa shape index (κ1) is 23.0. The van der Waals surface area contributed by atoms with E-state index in [-0.39, 0.29) is 0 Å². The molecule has 3 aliphatic heterocycles. The Hall–Kier alpha value is -2.75. The van der Waals surface area contributed by atoms with E-state index in [4.69, 9.17) is 4.99 Å². The van der Waals surface area contributed by atoms with Gasteiger partial charge in [-0.05, 0) is 88.1 Å².